The predicted molar refractivity (Wildman–Crippen MR) is 57.4 cm³/mol. The van der Waals surface area contributed by atoms with E-state index in [2.05, 4.69) is 20.7 Å². The van der Waals surface area contributed by atoms with E-state index in [0.717, 1.165) is 0 Å². The van der Waals surface area contributed by atoms with Gasteiger partial charge in [0.05, 0.1) is 7.11 Å². The van der Waals surface area contributed by atoms with Gasteiger partial charge in [-0.2, -0.15) is 0 Å². The van der Waals surface area contributed by atoms with E-state index in [1.54, 1.807) is 12.1 Å². The molecule has 4 nitrogen and oxygen atoms in total. The Hall–Kier alpha value is -0.520. The van der Waals surface area contributed by atoms with Crippen LogP contribution in [0.15, 0.2) is 21.2 Å². The largest absolute Gasteiger partial charge is 0.468 e. The van der Waals surface area contributed by atoms with Gasteiger partial charge < -0.3 is 14.9 Å². The fourth-order valence-corrected chi connectivity index (χ4v) is 1.25. The van der Waals surface area contributed by atoms with Crippen molar-refractivity contribution in [1.29, 1.82) is 0 Å². The molecule has 1 heterocycles. The zero-order valence-corrected chi connectivity index (χ0v) is 9.93. The second-order valence-electron chi connectivity index (χ2n) is 2.54. The van der Waals surface area contributed by atoms with Gasteiger partial charge in [0, 0.05) is 6.42 Å². The second kappa shape index (κ2) is 6.06. The Bertz CT molecular complexity index is 303. The van der Waals surface area contributed by atoms with Crippen molar-refractivity contribution in [2.45, 2.75) is 12.5 Å². The first-order valence-corrected chi connectivity index (χ1v) is 4.50. The minimum Gasteiger partial charge on any atom is -0.468 e. The topological polar surface area (TPSA) is 65.5 Å². The third-order valence-corrected chi connectivity index (χ3v) is 1.98. The molecule has 1 rings (SSSR count). The molecule has 80 valence electrons. The lowest BCUT2D eigenvalue weighted by Gasteiger charge is -2.05. The standard InChI is InChI=1S/C8H10BrNO3.ClH/c1-12-8(11)6(10)4-5-2-3-7(9)13-5;/h2-3,6H,4,10H2,1H3;1H/t6-;/m0./s1. The van der Waals surface area contributed by atoms with Gasteiger partial charge in [0.1, 0.15) is 11.8 Å². The van der Waals surface area contributed by atoms with Crippen LogP contribution in [0, 0.1) is 0 Å². The fraction of sp³-hybridized carbons (Fsp3) is 0.375. The highest BCUT2D eigenvalue weighted by Crippen LogP contribution is 2.15. The Kier molecular flexibility index (Phi) is 5.83. The highest BCUT2D eigenvalue weighted by molar-refractivity contribution is 9.10. The normalized spacial score (nSPS) is 11.6. The van der Waals surface area contributed by atoms with Crippen LogP contribution in [0.5, 0.6) is 0 Å². The number of hydrogen-bond donors (Lipinski definition) is 1. The van der Waals surface area contributed by atoms with Crippen molar-refractivity contribution in [3.63, 3.8) is 0 Å². The van der Waals surface area contributed by atoms with E-state index in [9.17, 15) is 4.79 Å². The molecule has 0 aliphatic carbocycles. The number of carbonyl (C=O) groups excluding carboxylic acids is 1. The number of halogens is 2. The second-order valence-corrected chi connectivity index (χ2v) is 3.32. The number of esters is 1. The van der Waals surface area contributed by atoms with Gasteiger partial charge >= 0.3 is 5.97 Å². The molecule has 0 aromatic carbocycles. The van der Waals surface area contributed by atoms with Crippen LogP contribution < -0.4 is 5.73 Å². The minimum absolute atomic E-state index is 0. The average Bonchev–Trinajstić information content (AvgIpc) is 2.49. The maximum Gasteiger partial charge on any atom is 0.323 e. The molecule has 0 fully saturated rings. The lowest BCUT2D eigenvalue weighted by Crippen LogP contribution is -2.33. The van der Waals surface area contributed by atoms with Crippen LogP contribution in [0.4, 0.5) is 0 Å². The number of ether oxygens (including phenoxy) is 1. The molecule has 0 radical (unpaired) electrons. The van der Waals surface area contributed by atoms with Gasteiger partial charge in [0.2, 0.25) is 0 Å². The summed E-state index contributed by atoms with van der Waals surface area (Å²) in [5, 5.41) is 0. The van der Waals surface area contributed by atoms with E-state index in [0.29, 0.717) is 16.9 Å². The predicted octanol–water partition coefficient (Wildman–Crippen LogP) is 1.51. The molecule has 0 amide bonds. The van der Waals surface area contributed by atoms with Crippen molar-refractivity contribution in [1.82, 2.24) is 0 Å². The van der Waals surface area contributed by atoms with Gasteiger partial charge in [-0.15, -0.1) is 12.4 Å². The first-order valence-electron chi connectivity index (χ1n) is 3.71. The van der Waals surface area contributed by atoms with Crippen molar-refractivity contribution in [2.75, 3.05) is 7.11 Å². The average molecular weight is 285 g/mol. The summed E-state index contributed by atoms with van der Waals surface area (Å²) in [5.41, 5.74) is 5.52. The molecule has 1 aromatic rings. The van der Waals surface area contributed by atoms with Crippen LogP contribution in [0.2, 0.25) is 0 Å². The summed E-state index contributed by atoms with van der Waals surface area (Å²) >= 11 is 3.15. The molecule has 6 heteroatoms. The maximum absolute atomic E-state index is 10.9. The molecule has 0 saturated heterocycles. The van der Waals surface area contributed by atoms with Gasteiger partial charge in [0.25, 0.3) is 0 Å². The molecule has 0 unspecified atom stereocenters. The van der Waals surface area contributed by atoms with E-state index in [-0.39, 0.29) is 12.4 Å². The summed E-state index contributed by atoms with van der Waals surface area (Å²) < 4.78 is 10.3. The molecule has 1 aromatic heterocycles. The van der Waals surface area contributed by atoms with Gasteiger partial charge in [-0.3, -0.25) is 4.79 Å². The highest BCUT2D eigenvalue weighted by Gasteiger charge is 2.15. The van der Waals surface area contributed by atoms with E-state index in [1.807, 2.05) is 0 Å². The zero-order chi connectivity index (χ0) is 9.84. The summed E-state index contributed by atoms with van der Waals surface area (Å²) in [6.45, 7) is 0. The number of hydrogen-bond acceptors (Lipinski definition) is 4. The SMILES string of the molecule is COC(=O)[C@@H](N)Cc1ccc(Br)o1.Cl. The molecule has 0 spiro atoms. The lowest BCUT2D eigenvalue weighted by atomic mass is 10.2. The molecule has 1 atom stereocenters. The molecular weight excluding hydrogens is 273 g/mol. The molecular formula is C8H11BrClNO3. The summed E-state index contributed by atoms with van der Waals surface area (Å²) in [4.78, 5) is 10.9. The number of methoxy groups -OCH3 is 1. The van der Waals surface area contributed by atoms with Gasteiger partial charge in [-0.1, -0.05) is 0 Å². The van der Waals surface area contributed by atoms with Crippen LogP contribution >= 0.6 is 28.3 Å². The quantitative estimate of drug-likeness (QED) is 0.855. The zero-order valence-electron chi connectivity index (χ0n) is 7.53. The number of furan rings is 1. The van der Waals surface area contributed by atoms with Crippen molar-refractivity contribution < 1.29 is 13.9 Å². The summed E-state index contributed by atoms with van der Waals surface area (Å²) in [6.07, 6.45) is 0.346. The Morgan fingerprint density at radius 2 is 2.36 bits per heavy atom. The van der Waals surface area contributed by atoms with Crippen LogP contribution in [-0.2, 0) is 16.0 Å². The molecule has 0 saturated carbocycles. The maximum atomic E-state index is 10.9. The smallest absolute Gasteiger partial charge is 0.323 e. The van der Waals surface area contributed by atoms with Crippen molar-refractivity contribution >= 4 is 34.3 Å². The first-order chi connectivity index (χ1) is 6.13. The minimum atomic E-state index is -0.664. The summed E-state index contributed by atoms with van der Waals surface area (Å²) in [5.74, 6) is 0.220. The third kappa shape index (κ3) is 3.69. The van der Waals surface area contributed by atoms with Gasteiger partial charge in [0.15, 0.2) is 4.67 Å². The third-order valence-electron chi connectivity index (χ3n) is 1.55. The molecule has 14 heavy (non-hydrogen) atoms. The van der Waals surface area contributed by atoms with E-state index in [1.165, 1.54) is 7.11 Å². The van der Waals surface area contributed by atoms with Gasteiger partial charge in [-0.25, -0.2) is 0 Å². The number of nitrogens with two attached hydrogens (primary N) is 1. The monoisotopic (exact) mass is 283 g/mol. The fourth-order valence-electron chi connectivity index (χ4n) is 0.913. The Morgan fingerprint density at radius 3 is 2.79 bits per heavy atom. The molecule has 0 bridgehead atoms. The van der Waals surface area contributed by atoms with Crippen LogP contribution in [-0.4, -0.2) is 19.1 Å². The molecule has 0 aliphatic heterocycles. The Morgan fingerprint density at radius 1 is 1.71 bits per heavy atom. The number of carbonyl (C=O) groups is 1. The first kappa shape index (κ1) is 13.5. The van der Waals surface area contributed by atoms with E-state index < -0.39 is 12.0 Å². The molecule has 2 N–H and O–H groups in total. The lowest BCUT2D eigenvalue weighted by molar-refractivity contribution is -0.142. The summed E-state index contributed by atoms with van der Waals surface area (Å²) in [7, 11) is 1.31. The Balaban J connectivity index is 0.00000169. The van der Waals surface area contributed by atoms with Crippen molar-refractivity contribution in [2.24, 2.45) is 5.73 Å². The van der Waals surface area contributed by atoms with Gasteiger partial charge in [-0.05, 0) is 28.1 Å². The van der Waals surface area contributed by atoms with Crippen LogP contribution in [0.25, 0.3) is 0 Å². The molecule has 0 aliphatic rings. The summed E-state index contributed by atoms with van der Waals surface area (Å²) in [6, 6.07) is 2.84. The van der Waals surface area contributed by atoms with E-state index >= 15 is 0 Å². The van der Waals surface area contributed by atoms with Crippen LogP contribution in [0.3, 0.4) is 0 Å². The Labute approximate surface area is 96.3 Å². The highest BCUT2D eigenvalue weighted by atomic mass is 79.9. The van der Waals surface area contributed by atoms with E-state index in [4.69, 9.17) is 10.2 Å². The van der Waals surface area contributed by atoms with Crippen LogP contribution in [0.1, 0.15) is 5.76 Å². The number of rotatable bonds is 3. The van der Waals surface area contributed by atoms with Crippen molar-refractivity contribution in [3.05, 3.63) is 22.6 Å². The van der Waals surface area contributed by atoms with Crippen molar-refractivity contribution in [3.8, 4) is 0 Å².